The van der Waals surface area contributed by atoms with E-state index in [4.69, 9.17) is 4.74 Å². The Bertz CT molecular complexity index is 713. The zero-order valence-corrected chi connectivity index (χ0v) is 13.9. The first kappa shape index (κ1) is 17.0. The Kier molecular flexibility index (Phi) is 5.37. The largest absolute Gasteiger partial charge is 0.494 e. The molecule has 0 aliphatic heterocycles. The summed E-state index contributed by atoms with van der Waals surface area (Å²) in [6.45, 7) is 6.08. The molecular weight excluding hydrogens is 293 g/mol. The van der Waals surface area contributed by atoms with Crippen molar-refractivity contribution in [1.29, 1.82) is 0 Å². The van der Waals surface area contributed by atoms with Gasteiger partial charge in [-0.05, 0) is 49.6 Å². The van der Waals surface area contributed by atoms with Crippen molar-refractivity contribution in [2.24, 2.45) is 0 Å². The first-order valence-corrected chi connectivity index (χ1v) is 7.67. The van der Waals surface area contributed by atoms with Gasteiger partial charge in [0.2, 0.25) is 0 Å². The van der Waals surface area contributed by atoms with E-state index in [2.05, 4.69) is 11.4 Å². The number of ether oxygens (including phenoxy) is 1. The van der Waals surface area contributed by atoms with Crippen LogP contribution in [-0.4, -0.2) is 13.0 Å². The number of benzene rings is 2. The van der Waals surface area contributed by atoms with Crippen LogP contribution in [0.5, 0.6) is 5.75 Å². The SMILES string of the molecule is CCC(NC(=O)c1ccc(OC)c(F)c1)c1ccc(C)cc1C. The summed E-state index contributed by atoms with van der Waals surface area (Å²) in [5.74, 6) is -0.707. The summed E-state index contributed by atoms with van der Waals surface area (Å²) in [7, 11) is 1.39. The number of hydrogen-bond acceptors (Lipinski definition) is 2. The van der Waals surface area contributed by atoms with Gasteiger partial charge in [0.05, 0.1) is 13.2 Å². The average molecular weight is 315 g/mol. The first-order valence-electron chi connectivity index (χ1n) is 7.67. The third kappa shape index (κ3) is 3.89. The van der Waals surface area contributed by atoms with Gasteiger partial charge in [-0.25, -0.2) is 4.39 Å². The number of halogens is 1. The lowest BCUT2D eigenvalue weighted by Crippen LogP contribution is -2.28. The van der Waals surface area contributed by atoms with Gasteiger partial charge in [0, 0.05) is 5.56 Å². The Hall–Kier alpha value is -2.36. The molecule has 3 nitrogen and oxygen atoms in total. The Morgan fingerprint density at radius 1 is 1.22 bits per heavy atom. The molecule has 0 heterocycles. The molecule has 0 spiro atoms. The summed E-state index contributed by atoms with van der Waals surface area (Å²) in [4.78, 5) is 12.4. The number of methoxy groups -OCH3 is 1. The van der Waals surface area contributed by atoms with Gasteiger partial charge in [-0.2, -0.15) is 0 Å². The van der Waals surface area contributed by atoms with E-state index >= 15 is 0 Å². The molecule has 4 heteroatoms. The molecule has 0 saturated heterocycles. The van der Waals surface area contributed by atoms with E-state index in [0.29, 0.717) is 0 Å². The highest BCUT2D eigenvalue weighted by Crippen LogP contribution is 2.23. The fourth-order valence-electron chi connectivity index (χ4n) is 2.67. The van der Waals surface area contributed by atoms with Gasteiger partial charge < -0.3 is 10.1 Å². The molecule has 0 fully saturated rings. The Balaban J connectivity index is 2.21. The highest BCUT2D eigenvalue weighted by molar-refractivity contribution is 5.94. The summed E-state index contributed by atoms with van der Waals surface area (Å²) < 4.78 is 18.6. The van der Waals surface area contributed by atoms with Crippen LogP contribution in [0.25, 0.3) is 0 Å². The molecule has 1 amide bonds. The first-order chi connectivity index (χ1) is 11.0. The van der Waals surface area contributed by atoms with Crippen molar-refractivity contribution in [3.05, 3.63) is 64.5 Å². The van der Waals surface area contributed by atoms with E-state index in [9.17, 15) is 9.18 Å². The van der Waals surface area contributed by atoms with E-state index < -0.39 is 5.82 Å². The number of aryl methyl sites for hydroxylation is 2. The lowest BCUT2D eigenvalue weighted by Gasteiger charge is -2.20. The van der Waals surface area contributed by atoms with Crippen molar-refractivity contribution in [2.45, 2.75) is 33.2 Å². The van der Waals surface area contributed by atoms with Crippen LogP contribution in [0.2, 0.25) is 0 Å². The number of nitrogens with one attached hydrogen (secondary N) is 1. The van der Waals surface area contributed by atoms with Gasteiger partial charge >= 0.3 is 0 Å². The van der Waals surface area contributed by atoms with E-state index in [1.807, 2.05) is 32.9 Å². The second kappa shape index (κ2) is 7.27. The molecule has 122 valence electrons. The van der Waals surface area contributed by atoms with Crippen LogP contribution in [0.1, 0.15) is 46.4 Å². The fourth-order valence-corrected chi connectivity index (χ4v) is 2.67. The third-order valence-electron chi connectivity index (χ3n) is 3.93. The minimum Gasteiger partial charge on any atom is -0.494 e. The maximum atomic E-state index is 13.8. The fraction of sp³-hybridized carbons (Fsp3) is 0.316. The van der Waals surface area contributed by atoms with Gasteiger partial charge in [-0.3, -0.25) is 4.79 Å². The molecule has 2 aromatic carbocycles. The summed E-state index contributed by atoms with van der Waals surface area (Å²) in [6, 6.07) is 10.3. The molecule has 1 unspecified atom stereocenters. The molecule has 0 radical (unpaired) electrons. The maximum absolute atomic E-state index is 13.8. The monoisotopic (exact) mass is 315 g/mol. The van der Waals surface area contributed by atoms with Crippen molar-refractivity contribution in [1.82, 2.24) is 5.32 Å². The standard InChI is InChI=1S/C19H22FNO2/c1-5-17(15-8-6-12(2)10-13(15)3)21-19(22)14-7-9-18(23-4)16(20)11-14/h6-11,17H,5H2,1-4H3,(H,21,22). The van der Waals surface area contributed by atoms with Crippen LogP contribution >= 0.6 is 0 Å². The molecule has 0 bridgehead atoms. The molecule has 0 aromatic heterocycles. The van der Waals surface area contributed by atoms with Gasteiger partial charge in [-0.1, -0.05) is 30.7 Å². The molecule has 2 aromatic rings. The maximum Gasteiger partial charge on any atom is 0.251 e. The van der Waals surface area contributed by atoms with Crippen LogP contribution < -0.4 is 10.1 Å². The normalized spacial score (nSPS) is 11.9. The predicted octanol–water partition coefficient (Wildman–Crippen LogP) is 4.33. The Morgan fingerprint density at radius 3 is 2.52 bits per heavy atom. The average Bonchev–Trinajstić information content (AvgIpc) is 2.52. The number of carbonyl (C=O) groups excluding carboxylic acids is 1. The zero-order chi connectivity index (χ0) is 17.0. The van der Waals surface area contributed by atoms with Gasteiger partial charge in [-0.15, -0.1) is 0 Å². The minimum atomic E-state index is -0.542. The lowest BCUT2D eigenvalue weighted by molar-refractivity contribution is 0.0935. The summed E-state index contributed by atoms with van der Waals surface area (Å²) in [5.41, 5.74) is 3.69. The van der Waals surface area contributed by atoms with Crippen molar-refractivity contribution in [3.8, 4) is 5.75 Å². The highest BCUT2D eigenvalue weighted by Gasteiger charge is 2.17. The van der Waals surface area contributed by atoms with Crippen molar-refractivity contribution < 1.29 is 13.9 Å². The topological polar surface area (TPSA) is 38.3 Å². The van der Waals surface area contributed by atoms with E-state index in [-0.39, 0.29) is 23.3 Å². The van der Waals surface area contributed by atoms with Crippen molar-refractivity contribution >= 4 is 5.91 Å². The van der Waals surface area contributed by atoms with Crippen molar-refractivity contribution in [3.63, 3.8) is 0 Å². The number of amides is 1. The molecule has 0 saturated carbocycles. The second-order valence-corrected chi connectivity index (χ2v) is 5.64. The molecule has 23 heavy (non-hydrogen) atoms. The van der Waals surface area contributed by atoms with Gasteiger partial charge in [0.15, 0.2) is 11.6 Å². The smallest absolute Gasteiger partial charge is 0.251 e. The molecule has 0 aliphatic carbocycles. The quantitative estimate of drug-likeness (QED) is 0.891. The van der Waals surface area contributed by atoms with Crippen LogP contribution in [0.3, 0.4) is 0 Å². The minimum absolute atomic E-state index is 0.103. The van der Waals surface area contributed by atoms with E-state index in [1.165, 1.54) is 24.8 Å². The number of carbonyl (C=O) groups is 1. The molecular formula is C19H22FNO2. The predicted molar refractivity (Wildman–Crippen MR) is 89.4 cm³/mol. The van der Waals surface area contributed by atoms with Crippen LogP contribution in [0.4, 0.5) is 4.39 Å². The summed E-state index contributed by atoms with van der Waals surface area (Å²) >= 11 is 0. The van der Waals surface area contributed by atoms with Gasteiger partial charge in [0.25, 0.3) is 5.91 Å². The molecule has 1 atom stereocenters. The lowest BCUT2D eigenvalue weighted by atomic mass is 9.97. The summed E-state index contributed by atoms with van der Waals surface area (Å²) in [6.07, 6.45) is 0.758. The Labute approximate surface area is 136 Å². The molecule has 2 rings (SSSR count). The van der Waals surface area contributed by atoms with Crippen LogP contribution in [-0.2, 0) is 0 Å². The van der Waals surface area contributed by atoms with Gasteiger partial charge in [0.1, 0.15) is 0 Å². The second-order valence-electron chi connectivity index (χ2n) is 5.64. The summed E-state index contributed by atoms with van der Waals surface area (Å²) in [5, 5.41) is 2.98. The van der Waals surface area contributed by atoms with E-state index in [0.717, 1.165) is 17.5 Å². The number of hydrogen-bond donors (Lipinski definition) is 1. The van der Waals surface area contributed by atoms with Crippen LogP contribution in [0.15, 0.2) is 36.4 Å². The van der Waals surface area contributed by atoms with E-state index in [1.54, 1.807) is 6.07 Å². The zero-order valence-electron chi connectivity index (χ0n) is 13.9. The van der Waals surface area contributed by atoms with Crippen LogP contribution in [0, 0.1) is 19.7 Å². The molecule has 1 N–H and O–H groups in total. The highest BCUT2D eigenvalue weighted by atomic mass is 19.1. The number of rotatable bonds is 5. The molecule has 0 aliphatic rings. The Morgan fingerprint density at radius 2 is 1.96 bits per heavy atom. The van der Waals surface area contributed by atoms with Crippen molar-refractivity contribution in [2.75, 3.05) is 7.11 Å². The third-order valence-corrected chi connectivity index (χ3v) is 3.93.